The molecular weight excluding hydrogens is 218 g/mol. The predicted octanol–water partition coefficient (Wildman–Crippen LogP) is 1.19. The van der Waals surface area contributed by atoms with Gasteiger partial charge in [-0.3, -0.25) is 4.79 Å². The van der Waals surface area contributed by atoms with E-state index in [9.17, 15) is 4.79 Å². The second-order valence-electron chi connectivity index (χ2n) is 4.62. The summed E-state index contributed by atoms with van der Waals surface area (Å²) in [6, 6.07) is 6.00. The first-order chi connectivity index (χ1) is 8.24. The highest BCUT2D eigenvalue weighted by Crippen LogP contribution is 2.23. The van der Waals surface area contributed by atoms with E-state index in [1.54, 1.807) is 4.90 Å². The zero-order chi connectivity index (χ0) is 11.8. The summed E-state index contributed by atoms with van der Waals surface area (Å²) in [5.41, 5.74) is 2.98. The van der Waals surface area contributed by atoms with E-state index in [0.29, 0.717) is 26.4 Å². The van der Waals surface area contributed by atoms with Gasteiger partial charge < -0.3 is 14.4 Å². The molecule has 4 heteroatoms. The molecule has 0 N–H and O–H groups in total. The van der Waals surface area contributed by atoms with Crippen LogP contribution in [-0.4, -0.2) is 37.2 Å². The van der Waals surface area contributed by atoms with Crippen molar-refractivity contribution in [1.82, 2.24) is 4.90 Å². The highest BCUT2D eigenvalue weighted by Gasteiger charge is 2.24. The Morgan fingerprint density at radius 1 is 1.47 bits per heavy atom. The Kier molecular flexibility index (Phi) is 2.61. The number of fused-ring (bicyclic) bond motifs is 1. The third-order valence-corrected chi connectivity index (χ3v) is 3.25. The standard InChI is InChI=1S/C13H15NO3/c1-14-5-10-3-2-9(4-12(10)13(14)15)6-17-11-7-16-8-11/h2-4,11H,5-8H2,1H3. The second-order valence-corrected chi connectivity index (χ2v) is 4.62. The molecule has 1 saturated heterocycles. The topological polar surface area (TPSA) is 38.8 Å². The molecule has 4 nitrogen and oxygen atoms in total. The van der Waals surface area contributed by atoms with Crippen LogP contribution in [0.25, 0.3) is 0 Å². The monoisotopic (exact) mass is 233 g/mol. The lowest BCUT2D eigenvalue weighted by Crippen LogP contribution is -2.35. The van der Waals surface area contributed by atoms with Crippen LogP contribution >= 0.6 is 0 Å². The molecule has 0 radical (unpaired) electrons. The fourth-order valence-corrected chi connectivity index (χ4v) is 2.11. The Balaban J connectivity index is 1.72. The first kappa shape index (κ1) is 10.7. The highest BCUT2D eigenvalue weighted by atomic mass is 16.6. The van der Waals surface area contributed by atoms with E-state index < -0.39 is 0 Å². The van der Waals surface area contributed by atoms with Crippen molar-refractivity contribution in [3.8, 4) is 0 Å². The number of benzene rings is 1. The molecular formula is C13H15NO3. The van der Waals surface area contributed by atoms with Crippen LogP contribution in [-0.2, 0) is 22.6 Å². The molecule has 3 rings (SSSR count). The van der Waals surface area contributed by atoms with Gasteiger partial charge in [0.2, 0.25) is 0 Å². The van der Waals surface area contributed by atoms with E-state index >= 15 is 0 Å². The van der Waals surface area contributed by atoms with E-state index in [1.165, 1.54) is 0 Å². The number of nitrogens with zero attached hydrogens (tertiary/aromatic N) is 1. The van der Waals surface area contributed by atoms with E-state index in [2.05, 4.69) is 0 Å². The molecule has 0 bridgehead atoms. The molecule has 1 aromatic carbocycles. The summed E-state index contributed by atoms with van der Waals surface area (Å²) in [5.74, 6) is 0.105. The number of amides is 1. The Labute approximate surface area is 100 Å². The number of carbonyl (C=O) groups is 1. The number of ether oxygens (including phenoxy) is 2. The zero-order valence-corrected chi connectivity index (χ0v) is 9.81. The average molecular weight is 233 g/mol. The van der Waals surface area contributed by atoms with E-state index in [4.69, 9.17) is 9.47 Å². The normalized spacial score (nSPS) is 19.4. The third kappa shape index (κ3) is 1.94. The summed E-state index contributed by atoms with van der Waals surface area (Å²) >= 11 is 0. The van der Waals surface area contributed by atoms with Gasteiger partial charge >= 0.3 is 0 Å². The summed E-state index contributed by atoms with van der Waals surface area (Å²) in [6.07, 6.45) is 0.224. The first-order valence-electron chi connectivity index (χ1n) is 5.80. The molecule has 1 amide bonds. The van der Waals surface area contributed by atoms with Crippen LogP contribution in [0.4, 0.5) is 0 Å². The van der Waals surface area contributed by atoms with Gasteiger partial charge in [0.15, 0.2) is 0 Å². The maximum absolute atomic E-state index is 11.8. The van der Waals surface area contributed by atoms with Crippen molar-refractivity contribution >= 4 is 5.91 Å². The number of rotatable bonds is 3. The van der Waals surface area contributed by atoms with Gasteiger partial charge in [0.25, 0.3) is 5.91 Å². The minimum Gasteiger partial charge on any atom is -0.376 e. The quantitative estimate of drug-likeness (QED) is 0.787. The van der Waals surface area contributed by atoms with Crippen molar-refractivity contribution in [2.75, 3.05) is 20.3 Å². The second kappa shape index (κ2) is 4.13. The minimum absolute atomic E-state index is 0.105. The lowest BCUT2D eigenvalue weighted by molar-refractivity contribution is -0.135. The molecule has 2 aliphatic heterocycles. The maximum atomic E-state index is 11.8. The van der Waals surface area contributed by atoms with Gasteiger partial charge in [-0.2, -0.15) is 0 Å². The molecule has 1 aromatic rings. The van der Waals surface area contributed by atoms with Crippen molar-refractivity contribution in [2.45, 2.75) is 19.3 Å². The van der Waals surface area contributed by atoms with Gasteiger partial charge in [0, 0.05) is 19.2 Å². The van der Waals surface area contributed by atoms with Crippen molar-refractivity contribution in [2.24, 2.45) is 0 Å². The van der Waals surface area contributed by atoms with Crippen LogP contribution in [0.1, 0.15) is 21.5 Å². The Bertz CT molecular complexity index is 454. The molecule has 0 spiro atoms. The lowest BCUT2D eigenvalue weighted by Gasteiger charge is -2.26. The smallest absolute Gasteiger partial charge is 0.254 e. The first-order valence-corrected chi connectivity index (χ1v) is 5.80. The molecule has 90 valence electrons. The van der Waals surface area contributed by atoms with Gasteiger partial charge in [-0.05, 0) is 17.2 Å². The summed E-state index contributed by atoms with van der Waals surface area (Å²) in [4.78, 5) is 13.6. The van der Waals surface area contributed by atoms with Crippen molar-refractivity contribution in [1.29, 1.82) is 0 Å². The number of carbonyl (C=O) groups excluding carboxylic acids is 1. The largest absolute Gasteiger partial charge is 0.376 e. The fourth-order valence-electron chi connectivity index (χ4n) is 2.11. The average Bonchev–Trinajstić information content (AvgIpc) is 2.53. The molecule has 0 unspecified atom stereocenters. The van der Waals surface area contributed by atoms with E-state index in [1.807, 2.05) is 25.2 Å². The maximum Gasteiger partial charge on any atom is 0.254 e. The van der Waals surface area contributed by atoms with Crippen LogP contribution in [0.3, 0.4) is 0 Å². The van der Waals surface area contributed by atoms with Gasteiger partial charge in [0.1, 0.15) is 6.10 Å². The van der Waals surface area contributed by atoms with Crippen LogP contribution in [0, 0.1) is 0 Å². The summed E-state index contributed by atoms with van der Waals surface area (Å²) in [7, 11) is 1.82. The molecule has 2 aliphatic rings. The van der Waals surface area contributed by atoms with Gasteiger partial charge in [-0.1, -0.05) is 12.1 Å². The SMILES string of the molecule is CN1Cc2ccc(COC3COC3)cc2C1=O. The lowest BCUT2D eigenvalue weighted by atomic mass is 10.1. The number of hydrogen-bond donors (Lipinski definition) is 0. The predicted molar refractivity (Wildman–Crippen MR) is 61.6 cm³/mol. The van der Waals surface area contributed by atoms with Crippen molar-refractivity contribution < 1.29 is 14.3 Å². The minimum atomic E-state index is 0.105. The molecule has 0 atom stereocenters. The Morgan fingerprint density at radius 3 is 3.00 bits per heavy atom. The molecule has 0 saturated carbocycles. The third-order valence-electron chi connectivity index (χ3n) is 3.25. The van der Waals surface area contributed by atoms with Gasteiger partial charge in [-0.15, -0.1) is 0 Å². The Morgan fingerprint density at radius 2 is 2.29 bits per heavy atom. The van der Waals surface area contributed by atoms with Crippen LogP contribution in [0.5, 0.6) is 0 Å². The van der Waals surface area contributed by atoms with Gasteiger partial charge in [-0.25, -0.2) is 0 Å². The number of hydrogen-bond acceptors (Lipinski definition) is 3. The van der Waals surface area contributed by atoms with Crippen LogP contribution in [0.2, 0.25) is 0 Å². The summed E-state index contributed by atoms with van der Waals surface area (Å²) in [6.45, 7) is 2.64. The summed E-state index contributed by atoms with van der Waals surface area (Å²) < 4.78 is 10.7. The van der Waals surface area contributed by atoms with Crippen LogP contribution < -0.4 is 0 Å². The Hall–Kier alpha value is -1.39. The van der Waals surface area contributed by atoms with Crippen molar-refractivity contribution in [3.63, 3.8) is 0 Å². The van der Waals surface area contributed by atoms with E-state index in [0.717, 1.165) is 16.7 Å². The molecule has 1 fully saturated rings. The molecule has 0 aromatic heterocycles. The molecule has 17 heavy (non-hydrogen) atoms. The van der Waals surface area contributed by atoms with Gasteiger partial charge in [0.05, 0.1) is 19.8 Å². The molecule has 0 aliphatic carbocycles. The zero-order valence-electron chi connectivity index (χ0n) is 9.81. The summed E-state index contributed by atoms with van der Waals surface area (Å²) in [5, 5.41) is 0. The van der Waals surface area contributed by atoms with Crippen LogP contribution in [0.15, 0.2) is 18.2 Å². The molecule has 2 heterocycles. The van der Waals surface area contributed by atoms with Crippen molar-refractivity contribution in [3.05, 3.63) is 34.9 Å². The highest BCUT2D eigenvalue weighted by molar-refractivity contribution is 5.98. The van der Waals surface area contributed by atoms with E-state index in [-0.39, 0.29) is 12.0 Å². The fraction of sp³-hybridized carbons (Fsp3) is 0.462.